The second-order valence-electron chi connectivity index (χ2n) is 6.27. The monoisotopic (exact) mass is 438 g/mol. The smallest absolute Gasteiger partial charge is 0.434 e. The van der Waals surface area contributed by atoms with Gasteiger partial charge in [0.2, 0.25) is 0 Å². The highest BCUT2D eigenvalue weighted by Gasteiger charge is 2.13. The van der Waals surface area contributed by atoms with Crippen LogP contribution in [0.1, 0.15) is 27.6 Å². The van der Waals surface area contributed by atoms with Crippen LogP contribution in [-0.2, 0) is 4.74 Å². The molecule has 0 heterocycles. The van der Waals surface area contributed by atoms with Crippen LogP contribution >= 0.6 is 11.6 Å². The molecule has 0 radical (unpaired) electrons. The molecule has 0 bridgehead atoms. The third-order valence-corrected chi connectivity index (χ3v) is 4.33. The number of halogens is 1. The van der Waals surface area contributed by atoms with Crippen LogP contribution in [0.3, 0.4) is 0 Å². The number of anilines is 2. The number of rotatable bonds is 6. The number of benzene rings is 3. The summed E-state index contributed by atoms with van der Waals surface area (Å²) in [6.07, 6.45) is -0.816. The van der Waals surface area contributed by atoms with Crippen LogP contribution in [0, 0.1) is 0 Å². The topological polar surface area (TPSA) is 93.7 Å². The molecule has 0 unspecified atom stereocenters. The van der Waals surface area contributed by atoms with Crippen LogP contribution in [0.5, 0.6) is 5.75 Å². The fourth-order valence-corrected chi connectivity index (χ4v) is 2.83. The van der Waals surface area contributed by atoms with Gasteiger partial charge >= 0.3 is 6.16 Å². The number of hydrogen-bond acceptors (Lipinski definition) is 5. The van der Waals surface area contributed by atoms with Gasteiger partial charge in [-0.05, 0) is 61.5 Å². The summed E-state index contributed by atoms with van der Waals surface area (Å²) in [5, 5.41) is 5.98. The third kappa shape index (κ3) is 6.07. The van der Waals surface area contributed by atoms with E-state index < -0.39 is 12.1 Å². The van der Waals surface area contributed by atoms with E-state index in [0.717, 1.165) is 0 Å². The number of ether oxygens (including phenoxy) is 2. The van der Waals surface area contributed by atoms with Gasteiger partial charge in [0.1, 0.15) is 5.75 Å². The molecule has 0 fully saturated rings. The zero-order chi connectivity index (χ0) is 22.2. The highest BCUT2D eigenvalue weighted by Crippen LogP contribution is 2.23. The molecular weight excluding hydrogens is 420 g/mol. The summed E-state index contributed by atoms with van der Waals surface area (Å²) in [4.78, 5) is 36.5. The Balaban J connectivity index is 1.69. The zero-order valence-corrected chi connectivity index (χ0v) is 17.3. The van der Waals surface area contributed by atoms with E-state index in [4.69, 9.17) is 21.1 Å². The maximum absolute atomic E-state index is 12.6. The summed E-state index contributed by atoms with van der Waals surface area (Å²) >= 11 is 5.94. The average Bonchev–Trinajstić information content (AvgIpc) is 2.75. The minimum absolute atomic E-state index is 0.201. The molecule has 158 valence electrons. The normalized spacial score (nSPS) is 10.1. The van der Waals surface area contributed by atoms with Gasteiger partial charge < -0.3 is 20.1 Å². The number of amides is 2. The SMILES string of the molecule is CCOC(=O)Oc1ccc(C(=O)Nc2ccccc2NC(=O)c2cccc(Cl)c2)cc1. The van der Waals surface area contributed by atoms with Crippen molar-refractivity contribution in [3.8, 4) is 5.75 Å². The molecule has 0 aliphatic rings. The van der Waals surface area contributed by atoms with E-state index in [1.807, 2.05) is 0 Å². The van der Waals surface area contributed by atoms with Crippen molar-refractivity contribution in [1.29, 1.82) is 0 Å². The van der Waals surface area contributed by atoms with Crippen molar-refractivity contribution in [2.75, 3.05) is 17.2 Å². The fraction of sp³-hybridized carbons (Fsp3) is 0.0870. The summed E-state index contributed by atoms with van der Waals surface area (Å²) in [7, 11) is 0. The lowest BCUT2D eigenvalue weighted by Gasteiger charge is -2.13. The lowest BCUT2D eigenvalue weighted by Crippen LogP contribution is -2.17. The van der Waals surface area contributed by atoms with Crippen molar-refractivity contribution in [2.45, 2.75) is 6.92 Å². The molecule has 3 aromatic carbocycles. The van der Waals surface area contributed by atoms with Crippen molar-refractivity contribution in [2.24, 2.45) is 0 Å². The Hall–Kier alpha value is -3.84. The Labute approximate surface area is 183 Å². The molecule has 3 aromatic rings. The molecule has 31 heavy (non-hydrogen) atoms. The summed E-state index contributed by atoms with van der Waals surface area (Å²) in [5.74, 6) is -0.499. The maximum atomic E-state index is 12.6. The number of nitrogens with one attached hydrogen (secondary N) is 2. The van der Waals surface area contributed by atoms with Crippen molar-refractivity contribution >= 4 is 40.9 Å². The maximum Gasteiger partial charge on any atom is 0.513 e. The largest absolute Gasteiger partial charge is 0.513 e. The lowest BCUT2D eigenvalue weighted by molar-refractivity contribution is 0.101. The Morgan fingerprint density at radius 2 is 1.42 bits per heavy atom. The van der Waals surface area contributed by atoms with Gasteiger partial charge in [0.05, 0.1) is 18.0 Å². The van der Waals surface area contributed by atoms with Crippen LogP contribution in [0.4, 0.5) is 16.2 Å². The molecule has 0 aliphatic carbocycles. The molecule has 0 atom stereocenters. The summed E-state index contributed by atoms with van der Waals surface area (Å²) in [6, 6.07) is 19.4. The van der Waals surface area contributed by atoms with Crippen LogP contribution < -0.4 is 15.4 Å². The van der Waals surface area contributed by atoms with Crippen LogP contribution in [0.2, 0.25) is 5.02 Å². The van der Waals surface area contributed by atoms with Crippen LogP contribution in [0.25, 0.3) is 0 Å². The van der Waals surface area contributed by atoms with Gasteiger partial charge in [0.15, 0.2) is 0 Å². The first-order chi connectivity index (χ1) is 15.0. The van der Waals surface area contributed by atoms with Crippen molar-refractivity contribution in [1.82, 2.24) is 0 Å². The number of carbonyl (C=O) groups excluding carboxylic acids is 3. The van der Waals surface area contributed by atoms with E-state index in [1.165, 1.54) is 24.3 Å². The van der Waals surface area contributed by atoms with Gasteiger partial charge in [0, 0.05) is 16.1 Å². The van der Waals surface area contributed by atoms with Crippen LogP contribution in [-0.4, -0.2) is 24.6 Å². The van der Waals surface area contributed by atoms with Gasteiger partial charge in [-0.1, -0.05) is 29.8 Å². The Morgan fingerprint density at radius 3 is 2.00 bits per heavy atom. The number of para-hydroxylation sites is 2. The molecule has 7 nitrogen and oxygen atoms in total. The predicted molar refractivity (Wildman–Crippen MR) is 118 cm³/mol. The Morgan fingerprint density at radius 1 is 0.806 bits per heavy atom. The molecule has 0 aromatic heterocycles. The quantitative estimate of drug-likeness (QED) is 0.398. The zero-order valence-electron chi connectivity index (χ0n) is 16.6. The molecule has 2 amide bonds. The highest BCUT2D eigenvalue weighted by molar-refractivity contribution is 6.31. The van der Waals surface area contributed by atoms with E-state index >= 15 is 0 Å². The average molecular weight is 439 g/mol. The van der Waals surface area contributed by atoms with Crippen molar-refractivity contribution in [3.05, 3.63) is 88.9 Å². The minimum atomic E-state index is -0.816. The summed E-state index contributed by atoms with van der Waals surface area (Å²) in [5.41, 5.74) is 1.59. The standard InChI is InChI=1S/C23H19ClN2O5/c1-2-30-23(29)31-18-12-10-15(11-13-18)21(27)25-19-8-3-4-9-20(19)26-22(28)16-6-5-7-17(24)14-16/h3-14H,2H2,1H3,(H,25,27)(H,26,28). The first kappa shape index (κ1) is 21.9. The third-order valence-electron chi connectivity index (χ3n) is 4.09. The second-order valence-corrected chi connectivity index (χ2v) is 6.71. The van der Waals surface area contributed by atoms with E-state index in [-0.39, 0.29) is 18.3 Å². The molecular formula is C23H19ClN2O5. The van der Waals surface area contributed by atoms with Crippen LogP contribution in [0.15, 0.2) is 72.8 Å². The second kappa shape index (κ2) is 10.3. The van der Waals surface area contributed by atoms with Crippen molar-refractivity contribution in [3.63, 3.8) is 0 Å². The van der Waals surface area contributed by atoms with Gasteiger partial charge in [-0.15, -0.1) is 0 Å². The lowest BCUT2D eigenvalue weighted by atomic mass is 10.1. The Kier molecular flexibility index (Phi) is 7.24. The molecule has 2 N–H and O–H groups in total. The van der Waals surface area contributed by atoms with E-state index in [1.54, 1.807) is 55.5 Å². The van der Waals surface area contributed by atoms with E-state index in [2.05, 4.69) is 10.6 Å². The number of hydrogen-bond donors (Lipinski definition) is 2. The van der Waals surface area contributed by atoms with Crippen molar-refractivity contribution < 1.29 is 23.9 Å². The van der Waals surface area contributed by atoms with Gasteiger partial charge in [-0.25, -0.2) is 4.79 Å². The minimum Gasteiger partial charge on any atom is -0.434 e. The molecule has 0 saturated carbocycles. The first-order valence-corrected chi connectivity index (χ1v) is 9.76. The predicted octanol–water partition coefficient (Wildman–Crippen LogP) is 5.38. The van der Waals surface area contributed by atoms with E-state index in [9.17, 15) is 14.4 Å². The molecule has 0 saturated heterocycles. The molecule has 8 heteroatoms. The highest BCUT2D eigenvalue weighted by atomic mass is 35.5. The number of carbonyl (C=O) groups is 3. The summed E-state index contributed by atoms with van der Waals surface area (Å²) in [6.45, 7) is 1.87. The Bertz CT molecular complexity index is 1100. The summed E-state index contributed by atoms with van der Waals surface area (Å²) < 4.78 is 9.67. The molecule has 0 aliphatic heterocycles. The van der Waals surface area contributed by atoms with E-state index in [0.29, 0.717) is 27.5 Å². The van der Waals surface area contributed by atoms with Gasteiger partial charge in [-0.2, -0.15) is 0 Å². The fourth-order valence-electron chi connectivity index (χ4n) is 2.64. The first-order valence-electron chi connectivity index (χ1n) is 9.38. The van der Waals surface area contributed by atoms with Gasteiger partial charge in [-0.3, -0.25) is 9.59 Å². The van der Waals surface area contributed by atoms with Gasteiger partial charge in [0.25, 0.3) is 11.8 Å². The molecule has 0 spiro atoms. The molecule has 3 rings (SSSR count).